The summed E-state index contributed by atoms with van der Waals surface area (Å²) in [6.45, 7) is 0. The molecule has 2 aromatic heterocycles. The molecule has 2 aromatic rings. The SMILES string of the molecule is [Y].[c-]1ccncc1-c1[c-]cccn1. The third-order valence-corrected chi connectivity index (χ3v) is 1.46. The summed E-state index contributed by atoms with van der Waals surface area (Å²) in [4.78, 5) is 8.09. The van der Waals surface area contributed by atoms with E-state index in [1.165, 1.54) is 0 Å². The fourth-order valence-corrected chi connectivity index (χ4v) is 0.927. The molecule has 13 heavy (non-hydrogen) atoms. The standard InChI is InChI=1S/C10H6N2.Y/c1-2-7-12-10(5-1)9-4-3-6-11-8-9;/h1-3,6-8H;/q-2;. The van der Waals surface area contributed by atoms with Crippen molar-refractivity contribution in [1.29, 1.82) is 0 Å². The van der Waals surface area contributed by atoms with E-state index in [0.717, 1.165) is 11.3 Å². The van der Waals surface area contributed by atoms with E-state index in [-0.39, 0.29) is 32.7 Å². The zero-order valence-electron chi connectivity index (χ0n) is 6.94. The molecule has 2 rings (SSSR count). The second-order valence-corrected chi connectivity index (χ2v) is 2.28. The van der Waals surface area contributed by atoms with E-state index in [1.54, 1.807) is 24.7 Å². The Morgan fingerprint density at radius 3 is 2.62 bits per heavy atom. The van der Waals surface area contributed by atoms with Gasteiger partial charge in [-0.25, -0.2) is 17.7 Å². The van der Waals surface area contributed by atoms with E-state index in [2.05, 4.69) is 22.1 Å². The van der Waals surface area contributed by atoms with Crippen molar-refractivity contribution in [3.8, 4) is 11.3 Å². The van der Waals surface area contributed by atoms with E-state index in [0.29, 0.717) is 0 Å². The molecule has 0 saturated heterocycles. The quantitative estimate of drug-likeness (QED) is 0.713. The van der Waals surface area contributed by atoms with Gasteiger partial charge in [-0.15, -0.1) is 24.0 Å². The molecule has 1 radical (unpaired) electrons. The van der Waals surface area contributed by atoms with Crippen LogP contribution in [-0.4, -0.2) is 9.97 Å². The molecule has 0 N–H and O–H groups in total. The first kappa shape index (κ1) is 10.5. The van der Waals surface area contributed by atoms with E-state index in [9.17, 15) is 0 Å². The summed E-state index contributed by atoms with van der Waals surface area (Å²) in [7, 11) is 0. The summed E-state index contributed by atoms with van der Waals surface area (Å²) in [5.74, 6) is 0. The monoisotopic (exact) mass is 243 g/mol. The summed E-state index contributed by atoms with van der Waals surface area (Å²) < 4.78 is 0. The molecule has 0 aliphatic rings. The Labute approximate surface area is 102 Å². The number of rotatable bonds is 1. The fourth-order valence-electron chi connectivity index (χ4n) is 0.927. The van der Waals surface area contributed by atoms with Crippen LogP contribution in [-0.2, 0) is 32.7 Å². The van der Waals surface area contributed by atoms with Crippen LogP contribution in [0.1, 0.15) is 0 Å². The second kappa shape index (κ2) is 5.20. The molecule has 0 fully saturated rings. The molecular formula is C10H6N2Y-2. The van der Waals surface area contributed by atoms with Crippen molar-refractivity contribution in [2.45, 2.75) is 0 Å². The zero-order chi connectivity index (χ0) is 8.23. The van der Waals surface area contributed by atoms with Gasteiger partial charge in [0.1, 0.15) is 0 Å². The molecular weight excluding hydrogens is 237 g/mol. The van der Waals surface area contributed by atoms with E-state index < -0.39 is 0 Å². The average Bonchev–Trinajstić information content (AvgIpc) is 2.21. The summed E-state index contributed by atoms with van der Waals surface area (Å²) in [5, 5.41) is 0. The van der Waals surface area contributed by atoms with Gasteiger partial charge in [-0.1, -0.05) is 6.20 Å². The Morgan fingerprint density at radius 1 is 1.08 bits per heavy atom. The summed E-state index contributed by atoms with van der Waals surface area (Å²) in [5.41, 5.74) is 1.66. The smallest absolute Gasteiger partial charge is 0 e. The number of hydrogen-bond donors (Lipinski definition) is 0. The normalized spacial score (nSPS) is 8.92. The first-order chi connectivity index (χ1) is 5.97. The van der Waals surface area contributed by atoms with Crippen molar-refractivity contribution >= 4 is 0 Å². The van der Waals surface area contributed by atoms with Crippen LogP contribution in [0, 0.1) is 12.1 Å². The predicted octanol–water partition coefficient (Wildman–Crippen LogP) is 1.74. The number of aromatic nitrogens is 2. The molecule has 0 saturated carbocycles. The van der Waals surface area contributed by atoms with Crippen molar-refractivity contribution in [2.75, 3.05) is 0 Å². The molecule has 2 heterocycles. The van der Waals surface area contributed by atoms with Crippen molar-refractivity contribution in [3.05, 3.63) is 48.9 Å². The summed E-state index contributed by atoms with van der Waals surface area (Å²) >= 11 is 0. The van der Waals surface area contributed by atoms with Crippen LogP contribution in [0.2, 0.25) is 0 Å². The van der Waals surface area contributed by atoms with Gasteiger partial charge in [0, 0.05) is 32.7 Å². The average molecular weight is 243 g/mol. The molecule has 0 aromatic carbocycles. The van der Waals surface area contributed by atoms with Gasteiger partial charge in [-0.3, -0.25) is 0 Å². The van der Waals surface area contributed by atoms with Gasteiger partial charge < -0.3 is 9.97 Å². The number of hydrogen-bond acceptors (Lipinski definition) is 2. The molecule has 0 aliphatic heterocycles. The van der Waals surface area contributed by atoms with Gasteiger partial charge in [-0.2, -0.15) is 6.07 Å². The Morgan fingerprint density at radius 2 is 2.00 bits per heavy atom. The van der Waals surface area contributed by atoms with Crippen molar-refractivity contribution < 1.29 is 32.7 Å². The van der Waals surface area contributed by atoms with Crippen molar-refractivity contribution in [1.82, 2.24) is 9.97 Å². The molecule has 0 unspecified atom stereocenters. The van der Waals surface area contributed by atoms with Crippen LogP contribution in [0.15, 0.2) is 36.8 Å². The third kappa shape index (κ3) is 2.68. The van der Waals surface area contributed by atoms with Crippen LogP contribution < -0.4 is 0 Å². The molecule has 3 heteroatoms. The van der Waals surface area contributed by atoms with Gasteiger partial charge in [-0.05, 0) is 6.20 Å². The van der Waals surface area contributed by atoms with Gasteiger partial charge in [0.2, 0.25) is 0 Å². The van der Waals surface area contributed by atoms with E-state index in [4.69, 9.17) is 0 Å². The largest absolute Gasteiger partial charge is 0.373 e. The van der Waals surface area contributed by atoms with Gasteiger partial charge >= 0.3 is 0 Å². The molecule has 0 atom stereocenters. The molecule has 0 amide bonds. The Balaban J connectivity index is 0.000000845. The van der Waals surface area contributed by atoms with E-state index in [1.807, 2.05) is 12.1 Å². The van der Waals surface area contributed by atoms with Gasteiger partial charge in [0.25, 0.3) is 0 Å². The molecule has 61 valence electrons. The first-order valence-corrected chi connectivity index (χ1v) is 3.61. The topological polar surface area (TPSA) is 25.8 Å². The molecule has 0 aliphatic carbocycles. The minimum absolute atomic E-state index is 0. The number of pyridine rings is 2. The van der Waals surface area contributed by atoms with E-state index >= 15 is 0 Å². The zero-order valence-corrected chi connectivity index (χ0v) is 9.77. The second-order valence-electron chi connectivity index (χ2n) is 2.28. The molecule has 0 spiro atoms. The minimum atomic E-state index is 0. The van der Waals surface area contributed by atoms with Crippen LogP contribution in [0.4, 0.5) is 0 Å². The maximum atomic E-state index is 4.12. The van der Waals surface area contributed by atoms with Crippen LogP contribution >= 0.6 is 0 Å². The predicted molar refractivity (Wildman–Crippen MR) is 45.1 cm³/mol. The maximum Gasteiger partial charge on any atom is 0 e. The van der Waals surface area contributed by atoms with Crippen molar-refractivity contribution in [2.24, 2.45) is 0 Å². The molecule has 2 nitrogen and oxygen atoms in total. The maximum absolute atomic E-state index is 4.12. The molecule has 0 bridgehead atoms. The summed E-state index contributed by atoms with van der Waals surface area (Å²) in [6.07, 6.45) is 5.14. The van der Waals surface area contributed by atoms with Crippen LogP contribution in [0.3, 0.4) is 0 Å². The third-order valence-electron chi connectivity index (χ3n) is 1.46. The fraction of sp³-hybridized carbons (Fsp3) is 0. The minimum Gasteiger partial charge on any atom is -0.373 e. The van der Waals surface area contributed by atoms with Gasteiger partial charge in [0.15, 0.2) is 0 Å². The summed E-state index contributed by atoms with van der Waals surface area (Å²) in [6, 6.07) is 11.4. The van der Waals surface area contributed by atoms with Gasteiger partial charge in [0.05, 0.1) is 0 Å². The number of nitrogens with zero attached hydrogens (tertiary/aromatic N) is 2. The Kier molecular flexibility index (Phi) is 4.20. The van der Waals surface area contributed by atoms with Crippen molar-refractivity contribution in [3.63, 3.8) is 0 Å². The van der Waals surface area contributed by atoms with Crippen LogP contribution in [0.25, 0.3) is 11.3 Å². The first-order valence-electron chi connectivity index (χ1n) is 3.61. The Bertz CT molecular complexity index is 310. The van der Waals surface area contributed by atoms with Crippen LogP contribution in [0.5, 0.6) is 0 Å². The Hall–Kier alpha value is -0.596.